The summed E-state index contributed by atoms with van der Waals surface area (Å²) in [6.45, 7) is 4.96. The number of benzene rings is 3. The molecule has 0 spiro atoms. The maximum atomic E-state index is 13.5. The molecule has 0 aliphatic carbocycles. The van der Waals surface area contributed by atoms with E-state index < -0.39 is 0 Å². The Kier molecular flexibility index (Phi) is 7.04. The molecule has 3 nitrogen and oxygen atoms in total. The third kappa shape index (κ3) is 5.26. The highest BCUT2D eigenvalue weighted by Gasteiger charge is 2.27. The lowest BCUT2D eigenvalue weighted by Crippen LogP contribution is -2.51. The number of hydrogen-bond acceptors (Lipinski definition) is 2. The van der Waals surface area contributed by atoms with Crippen molar-refractivity contribution in [1.82, 2.24) is 9.80 Å². The van der Waals surface area contributed by atoms with Gasteiger partial charge < -0.3 is 10.2 Å². The van der Waals surface area contributed by atoms with E-state index in [-0.39, 0.29) is 17.7 Å². The Morgan fingerprint density at radius 3 is 1.91 bits per heavy atom. The number of anilines is 1. The van der Waals surface area contributed by atoms with Crippen LogP contribution >= 0.6 is 23.8 Å². The molecule has 1 saturated heterocycles. The molecule has 166 valence electrons. The lowest BCUT2D eigenvalue weighted by Gasteiger charge is -2.40. The van der Waals surface area contributed by atoms with Crippen molar-refractivity contribution in [3.63, 3.8) is 0 Å². The average Bonchev–Trinajstić information content (AvgIpc) is 2.79. The molecular formula is C25H24ClF2N3S. The second kappa shape index (κ2) is 9.94. The van der Waals surface area contributed by atoms with Gasteiger partial charge in [0.05, 0.1) is 16.8 Å². The highest BCUT2D eigenvalue weighted by Crippen LogP contribution is 2.30. The van der Waals surface area contributed by atoms with Crippen LogP contribution in [0.25, 0.3) is 0 Å². The van der Waals surface area contributed by atoms with Gasteiger partial charge in [-0.3, -0.25) is 4.90 Å². The molecule has 1 aliphatic heterocycles. The van der Waals surface area contributed by atoms with Gasteiger partial charge in [0.1, 0.15) is 11.6 Å². The van der Waals surface area contributed by atoms with Gasteiger partial charge in [-0.05, 0) is 72.2 Å². The van der Waals surface area contributed by atoms with E-state index in [0.29, 0.717) is 10.1 Å². The summed E-state index contributed by atoms with van der Waals surface area (Å²) < 4.78 is 27.0. The van der Waals surface area contributed by atoms with Crippen molar-refractivity contribution in [2.75, 3.05) is 31.5 Å². The minimum absolute atomic E-state index is 0.0913. The minimum atomic E-state index is -0.275. The van der Waals surface area contributed by atoms with Crippen LogP contribution in [-0.2, 0) is 0 Å². The molecular weight excluding hydrogens is 448 g/mol. The summed E-state index contributed by atoms with van der Waals surface area (Å²) in [7, 11) is 0. The Labute approximate surface area is 197 Å². The summed E-state index contributed by atoms with van der Waals surface area (Å²) in [5.41, 5.74) is 3.82. The fourth-order valence-electron chi connectivity index (χ4n) is 4.00. The molecule has 0 bridgehead atoms. The quantitative estimate of drug-likeness (QED) is 0.468. The molecule has 1 aliphatic rings. The van der Waals surface area contributed by atoms with Gasteiger partial charge in [0.2, 0.25) is 0 Å². The van der Waals surface area contributed by atoms with Crippen molar-refractivity contribution in [2.24, 2.45) is 0 Å². The Morgan fingerprint density at radius 2 is 1.41 bits per heavy atom. The standard InChI is InChI=1S/C25H24ClF2N3S/c1-17-2-11-23(22(26)16-17)29-25(32)31-14-12-30(13-15-31)24(18-3-7-20(27)8-4-18)19-5-9-21(28)10-6-19/h2-11,16,24H,12-15H2,1H3,(H,29,32). The van der Waals surface area contributed by atoms with Crippen LogP contribution in [0.4, 0.5) is 14.5 Å². The summed E-state index contributed by atoms with van der Waals surface area (Å²) in [4.78, 5) is 4.44. The van der Waals surface area contributed by atoms with Crippen LogP contribution < -0.4 is 5.32 Å². The van der Waals surface area contributed by atoms with Crippen LogP contribution in [0.1, 0.15) is 22.7 Å². The first-order chi connectivity index (χ1) is 15.4. The van der Waals surface area contributed by atoms with Crippen LogP contribution in [0, 0.1) is 18.6 Å². The zero-order chi connectivity index (χ0) is 22.7. The van der Waals surface area contributed by atoms with E-state index in [2.05, 4.69) is 15.1 Å². The SMILES string of the molecule is Cc1ccc(NC(=S)N2CCN(C(c3ccc(F)cc3)c3ccc(F)cc3)CC2)c(Cl)c1. The second-order valence-corrected chi connectivity index (χ2v) is 8.74. The van der Waals surface area contributed by atoms with Gasteiger partial charge in [-0.1, -0.05) is 41.9 Å². The normalized spacial score (nSPS) is 14.6. The number of nitrogens with zero attached hydrogens (tertiary/aromatic N) is 2. The summed E-state index contributed by atoms with van der Waals surface area (Å²) >= 11 is 12.0. The topological polar surface area (TPSA) is 18.5 Å². The average molecular weight is 472 g/mol. The van der Waals surface area contributed by atoms with Gasteiger partial charge in [0.15, 0.2) is 5.11 Å². The summed E-state index contributed by atoms with van der Waals surface area (Å²) in [5.74, 6) is -0.551. The molecule has 0 amide bonds. The van der Waals surface area contributed by atoms with Crippen molar-refractivity contribution < 1.29 is 8.78 Å². The van der Waals surface area contributed by atoms with Crippen molar-refractivity contribution in [3.8, 4) is 0 Å². The van der Waals surface area contributed by atoms with Crippen LogP contribution in [0.5, 0.6) is 0 Å². The van der Waals surface area contributed by atoms with E-state index in [1.54, 1.807) is 24.3 Å². The van der Waals surface area contributed by atoms with Gasteiger partial charge in [-0.25, -0.2) is 8.78 Å². The number of rotatable bonds is 4. The van der Waals surface area contributed by atoms with Gasteiger partial charge in [0, 0.05) is 26.2 Å². The monoisotopic (exact) mass is 471 g/mol. The third-order valence-corrected chi connectivity index (χ3v) is 6.38. The van der Waals surface area contributed by atoms with Crippen LogP contribution in [0.2, 0.25) is 5.02 Å². The zero-order valence-corrected chi connectivity index (χ0v) is 19.3. The molecule has 32 heavy (non-hydrogen) atoms. The predicted octanol–water partition coefficient (Wildman–Crippen LogP) is 6.03. The van der Waals surface area contributed by atoms with E-state index in [9.17, 15) is 8.78 Å². The van der Waals surface area contributed by atoms with Crippen LogP contribution in [-0.4, -0.2) is 41.1 Å². The summed E-state index contributed by atoms with van der Waals surface area (Å²) in [6.07, 6.45) is 0. The molecule has 0 saturated carbocycles. The smallest absolute Gasteiger partial charge is 0.173 e. The molecule has 3 aromatic rings. The van der Waals surface area contributed by atoms with Gasteiger partial charge in [-0.2, -0.15) is 0 Å². The van der Waals surface area contributed by atoms with E-state index in [1.807, 2.05) is 25.1 Å². The lowest BCUT2D eigenvalue weighted by atomic mass is 9.96. The number of piperazine rings is 1. The Hall–Kier alpha value is -2.54. The molecule has 0 unspecified atom stereocenters. The Balaban J connectivity index is 1.47. The van der Waals surface area contributed by atoms with E-state index in [1.165, 1.54) is 24.3 Å². The number of hydrogen-bond donors (Lipinski definition) is 1. The lowest BCUT2D eigenvalue weighted by molar-refractivity contribution is 0.151. The first kappa shape index (κ1) is 22.6. The molecule has 4 rings (SSSR count). The first-order valence-corrected chi connectivity index (χ1v) is 11.3. The van der Waals surface area contributed by atoms with E-state index >= 15 is 0 Å². The summed E-state index contributed by atoms with van der Waals surface area (Å²) in [5, 5.41) is 4.52. The Morgan fingerprint density at radius 1 is 0.875 bits per heavy atom. The molecule has 1 heterocycles. The number of halogens is 3. The fraction of sp³-hybridized carbons (Fsp3) is 0.240. The third-order valence-electron chi connectivity index (χ3n) is 5.70. The van der Waals surface area contributed by atoms with Crippen LogP contribution in [0.3, 0.4) is 0 Å². The summed E-state index contributed by atoms with van der Waals surface area (Å²) in [6, 6.07) is 18.8. The molecule has 0 aromatic heterocycles. The minimum Gasteiger partial charge on any atom is -0.346 e. The number of aryl methyl sites for hydroxylation is 1. The molecule has 7 heteroatoms. The second-order valence-electron chi connectivity index (χ2n) is 7.94. The zero-order valence-electron chi connectivity index (χ0n) is 17.7. The van der Waals surface area contributed by atoms with Crippen molar-refractivity contribution in [2.45, 2.75) is 13.0 Å². The first-order valence-electron chi connectivity index (χ1n) is 10.5. The molecule has 1 fully saturated rings. The molecule has 0 atom stereocenters. The highest BCUT2D eigenvalue weighted by atomic mass is 35.5. The Bertz CT molecular complexity index is 1040. The van der Waals surface area contributed by atoms with E-state index in [0.717, 1.165) is 48.6 Å². The molecule has 1 N–H and O–H groups in total. The largest absolute Gasteiger partial charge is 0.346 e. The van der Waals surface area contributed by atoms with Crippen LogP contribution in [0.15, 0.2) is 66.7 Å². The van der Waals surface area contributed by atoms with E-state index in [4.69, 9.17) is 23.8 Å². The van der Waals surface area contributed by atoms with Crippen molar-refractivity contribution in [1.29, 1.82) is 0 Å². The fourth-order valence-corrected chi connectivity index (χ4v) is 4.58. The number of nitrogens with one attached hydrogen (secondary N) is 1. The molecule has 0 radical (unpaired) electrons. The number of thiocarbonyl (C=S) groups is 1. The van der Waals surface area contributed by atoms with Gasteiger partial charge >= 0.3 is 0 Å². The van der Waals surface area contributed by atoms with Crippen molar-refractivity contribution in [3.05, 3.63) is 100 Å². The maximum absolute atomic E-state index is 13.5. The molecule has 3 aromatic carbocycles. The predicted molar refractivity (Wildman–Crippen MR) is 130 cm³/mol. The van der Waals surface area contributed by atoms with Gasteiger partial charge in [0.25, 0.3) is 0 Å². The highest BCUT2D eigenvalue weighted by molar-refractivity contribution is 7.80. The van der Waals surface area contributed by atoms with Crippen molar-refractivity contribution >= 4 is 34.6 Å². The van der Waals surface area contributed by atoms with Gasteiger partial charge in [-0.15, -0.1) is 0 Å². The maximum Gasteiger partial charge on any atom is 0.173 e.